The van der Waals surface area contributed by atoms with E-state index in [-0.39, 0.29) is 11.9 Å². The highest BCUT2D eigenvalue weighted by atomic mass is 16.5. The summed E-state index contributed by atoms with van der Waals surface area (Å²) in [4.78, 5) is 18.6. The minimum atomic E-state index is -0.0141. The molecule has 0 spiro atoms. The number of aryl methyl sites for hydroxylation is 2. The fourth-order valence-electron chi connectivity index (χ4n) is 2.21. The maximum Gasteiger partial charge on any atom is 0.253 e. The molecule has 5 nitrogen and oxygen atoms in total. The summed E-state index contributed by atoms with van der Waals surface area (Å²) in [5, 5.41) is 0. The Morgan fingerprint density at radius 1 is 1.50 bits per heavy atom. The number of carbonyl (C=O) groups is 1. The van der Waals surface area contributed by atoms with Crippen LogP contribution in [0.2, 0.25) is 0 Å². The number of hydrogen-bond acceptors (Lipinski definition) is 3. The van der Waals surface area contributed by atoms with Crippen molar-refractivity contribution in [2.75, 3.05) is 20.8 Å². The molecule has 1 amide bonds. The molecule has 0 bridgehead atoms. The molecule has 1 heterocycles. The molecule has 0 aliphatic carbocycles. The van der Waals surface area contributed by atoms with E-state index < -0.39 is 0 Å². The summed E-state index contributed by atoms with van der Waals surface area (Å²) in [5.74, 6) is 0.922. The Balaban J connectivity index is 2.31. The first kappa shape index (κ1) is 14.5. The van der Waals surface area contributed by atoms with Crippen molar-refractivity contribution >= 4 is 16.9 Å². The molecular weight excluding hydrogens is 254 g/mol. The number of hydrogen-bond donors (Lipinski definition) is 0. The van der Waals surface area contributed by atoms with Crippen LogP contribution in [0.4, 0.5) is 0 Å². The van der Waals surface area contributed by atoms with E-state index in [4.69, 9.17) is 4.74 Å². The SMILES string of the molecule is COC[C@@H](C)N(C)C(=O)c1ccc2c(c1)nc(C)n2C. The fraction of sp³-hybridized carbons (Fsp3) is 0.467. The van der Waals surface area contributed by atoms with Gasteiger partial charge in [0.2, 0.25) is 0 Å². The lowest BCUT2D eigenvalue weighted by molar-refractivity contribution is 0.0633. The van der Waals surface area contributed by atoms with Crippen molar-refractivity contribution in [3.8, 4) is 0 Å². The number of nitrogens with zero attached hydrogens (tertiary/aromatic N) is 3. The number of ether oxygens (including phenoxy) is 1. The van der Waals surface area contributed by atoms with Crippen LogP contribution < -0.4 is 0 Å². The van der Waals surface area contributed by atoms with E-state index in [9.17, 15) is 4.79 Å². The number of likely N-dealkylation sites (N-methyl/N-ethyl adjacent to an activating group) is 1. The van der Waals surface area contributed by atoms with Crippen LogP contribution in [0.1, 0.15) is 23.1 Å². The van der Waals surface area contributed by atoms with Gasteiger partial charge in [-0.05, 0) is 32.0 Å². The van der Waals surface area contributed by atoms with E-state index >= 15 is 0 Å². The molecule has 0 radical (unpaired) electrons. The van der Waals surface area contributed by atoms with Crippen molar-refractivity contribution in [2.45, 2.75) is 19.9 Å². The predicted octanol–water partition coefficient (Wildman–Crippen LogP) is 1.99. The van der Waals surface area contributed by atoms with Gasteiger partial charge >= 0.3 is 0 Å². The molecule has 0 unspecified atom stereocenters. The summed E-state index contributed by atoms with van der Waals surface area (Å²) in [7, 11) is 5.40. The van der Waals surface area contributed by atoms with Crippen LogP contribution in [0.15, 0.2) is 18.2 Å². The third-order valence-electron chi connectivity index (χ3n) is 3.74. The summed E-state index contributed by atoms with van der Waals surface area (Å²) in [6, 6.07) is 5.67. The molecule has 2 rings (SSSR count). The third kappa shape index (κ3) is 2.54. The van der Waals surface area contributed by atoms with Crippen molar-refractivity contribution in [1.29, 1.82) is 0 Å². The average molecular weight is 275 g/mol. The topological polar surface area (TPSA) is 47.4 Å². The molecule has 0 fully saturated rings. The molecule has 1 aromatic carbocycles. The summed E-state index contributed by atoms with van der Waals surface area (Å²) >= 11 is 0. The van der Waals surface area contributed by atoms with Crippen LogP contribution >= 0.6 is 0 Å². The van der Waals surface area contributed by atoms with Crippen molar-refractivity contribution < 1.29 is 9.53 Å². The second-order valence-electron chi connectivity index (χ2n) is 5.14. The highest BCUT2D eigenvalue weighted by Gasteiger charge is 2.18. The highest BCUT2D eigenvalue weighted by Crippen LogP contribution is 2.17. The zero-order chi connectivity index (χ0) is 14.9. The fourth-order valence-corrected chi connectivity index (χ4v) is 2.21. The van der Waals surface area contributed by atoms with E-state index in [1.165, 1.54) is 0 Å². The lowest BCUT2D eigenvalue weighted by Crippen LogP contribution is -2.37. The summed E-state index contributed by atoms with van der Waals surface area (Å²) < 4.78 is 7.11. The molecule has 1 atom stereocenters. The van der Waals surface area contributed by atoms with Gasteiger partial charge < -0.3 is 14.2 Å². The van der Waals surface area contributed by atoms with Crippen LogP contribution in [0, 0.1) is 6.92 Å². The Hall–Kier alpha value is -1.88. The molecule has 0 saturated carbocycles. The standard InChI is InChI=1S/C15H21N3O2/c1-10(9-20-5)17(3)15(19)12-6-7-14-13(8-12)16-11(2)18(14)4/h6-8,10H,9H2,1-5H3/t10-/m1/s1. The zero-order valence-electron chi connectivity index (χ0n) is 12.7. The molecule has 1 aromatic heterocycles. The molecule has 20 heavy (non-hydrogen) atoms. The van der Waals surface area contributed by atoms with Crippen LogP contribution in [0.3, 0.4) is 0 Å². The van der Waals surface area contributed by atoms with Crippen molar-refractivity contribution in [3.05, 3.63) is 29.6 Å². The van der Waals surface area contributed by atoms with Gasteiger partial charge in [0, 0.05) is 26.8 Å². The van der Waals surface area contributed by atoms with Crippen LogP contribution in [0.5, 0.6) is 0 Å². The Morgan fingerprint density at radius 3 is 2.85 bits per heavy atom. The van der Waals surface area contributed by atoms with Crippen LogP contribution in [-0.2, 0) is 11.8 Å². The lowest BCUT2D eigenvalue weighted by atomic mass is 10.1. The van der Waals surface area contributed by atoms with Crippen molar-refractivity contribution in [2.24, 2.45) is 7.05 Å². The van der Waals surface area contributed by atoms with E-state index in [1.807, 2.05) is 43.7 Å². The van der Waals surface area contributed by atoms with Crippen molar-refractivity contribution in [1.82, 2.24) is 14.5 Å². The molecule has 0 saturated heterocycles. The summed E-state index contributed by atoms with van der Waals surface area (Å²) in [6.07, 6.45) is 0. The molecule has 0 N–H and O–H groups in total. The molecule has 5 heteroatoms. The molecule has 0 aliphatic heterocycles. The number of benzene rings is 1. The maximum atomic E-state index is 12.4. The Bertz CT molecular complexity index is 633. The number of rotatable bonds is 4. The largest absolute Gasteiger partial charge is 0.383 e. The van der Waals surface area contributed by atoms with Crippen LogP contribution in [0.25, 0.3) is 11.0 Å². The minimum absolute atomic E-state index is 0.0141. The second kappa shape index (κ2) is 5.63. The van der Waals surface area contributed by atoms with E-state index in [1.54, 1.807) is 19.1 Å². The maximum absolute atomic E-state index is 12.4. The average Bonchev–Trinajstić information content (AvgIpc) is 2.72. The van der Waals surface area contributed by atoms with Gasteiger partial charge in [0.1, 0.15) is 5.82 Å². The van der Waals surface area contributed by atoms with Gasteiger partial charge in [-0.1, -0.05) is 0 Å². The Kier molecular flexibility index (Phi) is 4.09. The van der Waals surface area contributed by atoms with Gasteiger partial charge in [-0.3, -0.25) is 4.79 Å². The molecular formula is C15H21N3O2. The van der Waals surface area contributed by atoms with Gasteiger partial charge in [0.05, 0.1) is 23.7 Å². The first-order valence-corrected chi connectivity index (χ1v) is 6.65. The quantitative estimate of drug-likeness (QED) is 0.857. The monoisotopic (exact) mass is 275 g/mol. The Morgan fingerprint density at radius 2 is 2.20 bits per heavy atom. The van der Waals surface area contributed by atoms with Crippen molar-refractivity contribution in [3.63, 3.8) is 0 Å². The van der Waals surface area contributed by atoms with E-state index in [0.717, 1.165) is 16.9 Å². The third-order valence-corrected chi connectivity index (χ3v) is 3.74. The van der Waals surface area contributed by atoms with Gasteiger partial charge in [-0.15, -0.1) is 0 Å². The summed E-state index contributed by atoms with van der Waals surface area (Å²) in [5.41, 5.74) is 2.54. The normalized spacial score (nSPS) is 12.7. The molecule has 0 aliphatic rings. The van der Waals surface area contributed by atoms with E-state index in [2.05, 4.69) is 4.98 Å². The van der Waals surface area contributed by atoms with Gasteiger partial charge in [-0.2, -0.15) is 0 Å². The van der Waals surface area contributed by atoms with Gasteiger partial charge in [0.15, 0.2) is 0 Å². The van der Waals surface area contributed by atoms with E-state index in [0.29, 0.717) is 12.2 Å². The minimum Gasteiger partial charge on any atom is -0.383 e. The number of amides is 1. The van der Waals surface area contributed by atoms with Gasteiger partial charge in [0.25, 0.3) is 5.91 Å². The smallest absolute Gasteiger partial charge is 0.253 e. The first-order chi connectivity index (χ1) is 9.45. The lowest BCUT2D eigenvalue weighted by Gasteiger charge is -2.24. The molecule has 108 valence electrons. The molecule has 2 aromatic rings. The number of fused-ring (bicyclic) bond motifs is 1. The Labute approximate surface area is 119 Å². The first-order valence-electron chi connectivity index (χ1n) is 6.65. The number of methoxy groups -OCH3 is 1. The number of aromatic nitrogens is 2. The van der Waals surface area contributed by atoms with Crippen LogP contribution in [-0.4, -0.2) is 47.2 Å². The second-order valence-corrected chi connectivity index (χ2v) is 5.14. The number of carbonyl (C=O) groups excluding carboxylic acids is 1. The highest BCUT2D eigenvalue weighted by molar-refractivity contribution is 5.97. The van der Waals surface area contributed by atoms with Gasteiger partial charge in [-0.25, -0.2) is 4.98 Å². The number of imidazole rings is 1. The predicted molar refractivity (Wildman–Crippen MR) is 78.9 cm³/mol. The zero-order valence-corrected chi connectivity index (χ0v) is 12.7. The summed E-state index contributed by atoms with van der Waals surface area (Å²) in [6.45, 7) is 4.44.